The summed E-state index contributed by atoms with van der Waals surface area (Å²) in [5.41, 5.74) is 7.23. The van der Waals surface area contributed by atoms with Gasteiger partial charge in [-0.1, -0.05) is 30.0 Å². The van der Waals surface area contributed by atoms with Gasteiger partial charge in [0, 0.05) is 21.5 Å². The summed E-state index contributed by atoms with van der Waals surface area (Å²) in [5, 5.41) is 11.1. The van der Waals surface area contributed by atoms with Crippen molar-refractivity contribution >= 4 is 34.3 Å². The first-order valence-electron chi connectivity index (χ1n) is 6.02. The lowest BCUT2D eigenvalue weighted by Gasteiger charge is -2.03. The molecule has 4 nitrogen and oxygen atoms in total. The number of nitrogens with two attached hydrogens (primary N) is 1. The number of benzene rings is 2. The molecule has 2 aromatic carbocycles. The fourth-order valence-corrected chi connectivity index (χ4v) is 2.95. The molecule has 3 rings (SSSR count). The number of aromatic carboxylic acids is 1. The maximum atomic E-state index is 10.9. The molecule has 4 N–H and O–H groups in total. The molecule has 1 heterocycles. The first kappa shape index (κ1) is 12.6. The Hall–Kier alpha value is -2.40. The molecule has 0 fully saturated rings. The Labute approximate surface area is 119 Å². The number of carbonyl (C=O) groups is 1. The van der Waals surface area contributed by atoms with E-state index in [1.165, 1.54) is 17.8 Å². The minimum Gasteiger partial charge on any atom is -0.478 e. The average molecular weight is 284 g/mol. The second-order valence-corrected chi connectivity index (χ2v) is 5.49. The standard InChI is InChI=1S/C15H12N2O2S/c16-12-8-10(5-6-11(12)15(18)19)20-14-7-9-3-1-2-4-13(9)17-14/h1-8,17H,16H2,(H,18,19). The van der Waals surface area contributed by atoms with Crippen LogP contribution in [0.2, 0.25) is 0 Å². The molecule has 0 aliphatic carbocycles. The van der Waals surface area contributed by atoms with Crippen molar-refractivity contribution in [2.75, 3.05) is 5.73 Å². The fraction of sp³-hybridized carbons (Fsp3) is 0. The zero-order valence-electron chi connectivity index (χ0n) is 10.5. The zero-order valence-corrected chi connectivity index (χ0v) is 11.3. The summed E-state index contributed by atoms with van der Waals surface area (Å²) >= 11 is 1.52. The number of aromatic amines is 1. The Morgan fingerprint density at radius 1 is 1.15 bits per heavy atom. The van der Waals surface area contributed by atoms with Crippen LogP contribution < -0.4 is 5.73 Å². The van der Waals surface area contributed by atoms with E-state index in [0.717, 1.165) is 20.8 Å². The van der Waals surface area contributed by atoms with Crippen LogP contribution in [0.25, 0.3) is 10.9 Å². The van der Waals surface area contributed by atoms with E-state index in [4.69, 9.17) is 10.8 Å². The number of carboxylic acids is 1. The molecular weight excluding hydrogens is 272 g/mol. The van der Waals surface area contributed by atoms with Gasteiger partial charge in [-0.15, -0.1) is 0 Å². The second-order valence-electron chi connectivity index (χ2n) is 4.38. The molecule has 3 aromatic rings. The molecule has 0 spiro atoms. The fourth-order valence-electron chi connectivity index (χ4n) is 2.03. The third-order valence-electron chi connectivity index (χ3n) is 2.99. The molecule has 0 radical (unpaired) electrons. The zero-order chi connectivity index (χ0) is 14.1. The molecule has 0 aliphatic rings. The average Bonchev–Trinajstić information content (AvgIpc) is 2.80. The predicted octanol–water partition coefficient (Wildman–Crippen LogP) is 3.60. The summed E-state index contributed by atoms with van der Waals surface area (Å²) in [7, 11) is 0. The highest BCUT2D eigenvalue weighted by atomic mass is 32.2. The van der Waals surface area contributed by atoms with Gasteiger partial charge in [0.2, 0.25) is 0 Å². The van der Waals surface area contributed by atoms with Crippen LogP contribution in [0.3, 0.4) is 0 Å². The van der Waals surface area contributed by atoms with Crippen LogP contribution >= 0.6 is 11.8 Å². The van der Waals surface area contributed by atoms with Crippen molar-refractivity contribution in [2.24, 2.45) is 0 Å². The Balaban J connectivity index is 1.90. The highest BCUT2D eigenvalue weighted by molar-refractivity contribution is 7.99. The van der Waals surface area contributed by atoms with Crippen LogP contribution in [0.1, 0.15) is 10.4 Å². The predicted molar refractivity (Wildman–Crippen MR) is 80.2 cm³/mol. The van der Waals surface area contributed by atoms with E-state index in [1.807, 2.05) is 24.3 Å². The van der Waals surface area contributed by atoms with E-state index in [1.54, 1.807) is 12.1 Å². The van der Waals surface area contributed by atoms with Crippen molar-refractivity contribution in [3.63, 3.8) is 0 Å². The van der Waals surface area contributed by atoms with Crippen LogP contribution in [0.5, 0.6) is 0 Å². The summed E-state index contributed by atoms with van der Waals surface area (Å²) in [6.07, 6.45) is 0. The molecule has 100 valence electrons. The number of carboxylic acid groups (broad SMARTS) is 1. The van der Waals surface area contributed by atoms with Crippen LogP contribution in [-0.4, -0.2) is 16.1 Å². The summed E-state index contributed by atoms with van der Waals surface area (Å²) in [5.74, 6) is -1.01. The first-order chi connectivity index (χ1) is 9.63. The molecule has 0 saturated heterocycles. The van der Waals surface area contributed by atoms with Gasteiger partial charge in [0.05, 0.1) is 10.6 Å². The molecule has 0 atom stereocenters. The SMILES string of the molecule is Nc1cc(Sc2cc3ccccc3[nH]2)ccc1C(=O)O. The Morgan fingerprint density at radius 3 is 2.65 bits per heavy atom. The molecule has 5 heteroatoms. The largest absolute Gasteiger partial charge is 0.478 e. The number of hydrogen-bond donors (Lipinski definition) is 3. The van der Waals surface area contributed by atoms with Crippen LogP contribution in [0.15, 0.2) is 58.5 Å². The van der Waals surface area contributed by atoms with E-state index in [2.05, 4.69) is 11.1 Å². The molecule has 0 bridgehead atoms. The molecular formula is C15H12N2O2S. The van der Waals surface area contributed by atoms with Crippen molar-refractivity contribution in [3.05, 3.63) is 54.1 Å². The lowest BCUT2D eigenvalue weighted by molar-refractivity contribution is 0.0698. The number of fused-ring (bicyclic) bond motifs is 1. The molecule has 0 aliphatic heterocycles. The van der Waals surface area contributed by atoms with Gasteiger partial charge >= 0.3 is 5.97 Å². The summed E-state index contributed by atoms with van der Waals surface area (Å²) < 4.78 is 0. The number of hydrogen-bond acceptors (Lipinski definition) is 3. The molecule has 0 unspecified atom stereocenters. The smallest absolute Gasteiger partial charge is 0.337 e. The lowest BCUT2D eigenvalue weighted by atomic mass is 10.2. The first-order valence-corrected chi connectivity index (χ1v) is 6.83. The number of H-pyrrole nitrogens is 1. The van der Waals surface area contributed by atoms with Gasteiger partial charge in [-0.25, -0.2) is 4.79 Å². The van der Waals surface area contributed by atoms with Gasteiger partial charge in [-0.3, -0.25) is 0 Å². The minimum atomic E-state index is -1.01. The van der Waals surface area contributed by atoms with Crippen molar-refractivity contribution < 1.29 is 9.90 Å². The monoisotopic (exact) mass is 284 g/mol. The number of nitrogen functional groups attached to an aromatic ring is 1. The number of nitrogens with one attached hydrogen (secondary N) is 1. The topological polar surface area (TPSA) is 79.1 Å². The van der Waals surface area contributed by atoms with Crippen molar-refractivity contribution in [3.8, 4) is 0 Å². The van der Waals surface area contributed by atoms with Gasteiger partial charge in [0.15, 0.2) is 0 Å². The summed E-state index contributed by atoms with van der Waals surface area (Å²) in [6, 6.07) is 15.1. The Kier molecular flexibility index (Phi) is 3.12. The number of anilines is 1. The Bertz CT molecular complexity index is 762. The van der Waals surface area contributed by atoms with Crippen molar-refractivity contribution in [2.45, 2.75) is 9.92 Å². The number of rotatable bonds is 3. The van der Waals surface area contributed by atoms with E-state index >= 15 is 0 Å². The van der Waals surface area contributed by atoms with Gasteiger partial charge in [-0.2, -0.15) is 0 Å². The van der Waals surface area contributed by atoms with E-state index < -0.39 is 5.97 Å². The highest BCUT2D eigenvalue weighted by Crippen LogP contribution is 2.31. The maximum absolute atomic E-state index is 10.9. The minimum absolute atomic E-state index is 0.131. The van der Waals surface area contributed by atoms with Gasteiger partial charge in [0.25, 0.3) is 0 Å². The number of aromatic nitrogens is 1. The maximum Gasteiger partial charge on any atom is 0.337 e. The van der Waals surface area contributed by atoms with E-state index in [-0.39, 0.29) is 11.3 Å². The number of para-hydroxylation sites is 1. The van der Waals surface area contributed by atoms with E-state index in [0.29, 0.717) is 0 Å². The third kappa shape index (κ3) is 2.35. The Morgan fingerprint density at radius 2 is 1.95 bits per heavy atom. The summed E-state index contributed by atoms with van der Waals surface area (Å²) in [4.78, 5) is 15.1. The van der Waals surface area contributed by atoms with Gasteiger partial charge < -0.3 is 15.8 Å². The van der Waals surface area contributed by atoms with Gasteiger partial charge in [-0.05, 0) is 30.3 Å². The molecule has 20 heavy (non-hydrogen) atoms. The molecule has 1 aromatic heterocycles. The normalized spacial score (nSPS) is 10.8. The molecule has 0 amide bonds. The van der Waals surface area contributed by atoms with Crippen LogP contribution in [0.4, 0.5) is 5.69 Å². The second kappa shape index (κ2) is 4.94. The van der Waals surface area contributed by atoms with Crippen LogP contribution in [0, 0.1) is 0 Å². The molecule has 0 saturated carbocycles. The third-order valence-corrected chi connectivity index (χ3v) is 3.92. The van der Waals surface area contributed by atoms with Crippen molar-refractivity contribution in [1.29, 1.82) is 0 Å². The highest BCUT2D eigenvalue weighted by Gasteiger charge is 2.09. The van der Waals surface area contributed by atoms with Crippen LogP contribution in [-0.2, 0) is 0 Å². The lowest BCUT2D eigenvalue weighted by Crippen LogP contribution is -2.01. The van der Waals surface area contributed by atoms with Crippen molar-refractivity contribution in [1.82, 2.24) is 4.98 Å². The quantitative estimate of drug-likeness (QED) is 0.642. The van der Waals surface area contributed by atoms with Gasteiger partial charge in [0.1, 0.15) is 0 Å². The summed E-state index contributed by atoms with van der Waals surface area (Å²) in [6.45, 7) is 0. The van der Waals surface area contributed by atoms with E-state index in [9.17, 15) is 4.79 Å².